The van der Waals surface area contributed by atoms with Gasteiger partial charge in [-0.25, -0.2) is 9.69 Å². The van der Waals surface area contributed by atoms with Crippen LogP contribution in [0.15, 0.2) is 47.5 Å². The Hall–Kier alpha value is -3.13. The number of carbonyl (C=O) groups is 3. The summed E-state index contributed by atoms with van der Waals surface area (Å²) in [5, 5.41) is 6.99. The molecule has 0 bridgehead atoms. The van der Waals surface area contributed by atoms with Crippen molar-refractivity contribution in [3.63, 3.8) is 0 Å². The lowest BCUT2D eigenvalue weighted by atomic mass is 10.3. The number of rotatable bonds is 5. The number of methoxy groups -OCH3 is 1. The largest absolute Gasteiger partial charge is 0.497 e. The predicted octanol–water partition coefficient (Wildman–Crippen LogP) is 2.29. The number of ether oxygens (including phenoxy) is 1. The van der Waals surface area contributed by atoms with Crippen LogP contribution in [0.3, 0.4) is 0 Å². The molecule has 0 saturated carbocycles. The second kappa shape index (κ2) is 7.18. The lowest BCUT2D eigenvalue weighted by Crippen LogP contribution is -2.38. The van der Waals surface area contributed by atoms with Gasteiger partial charge in [-0.2, -0.15) is 0 Å². The summed E-state index contributed by atoms with van der Waals surface area (Å²) < 4.78 is 5.04. The first kappa shape index (κ1) is 16.7. The highest BCUT2D eigenvalue weighted by Crippen LogP contribution is 2.18. The number of imide groups is 1. The molecule has 1 aromatic heterocycles. The van der Waals surface area contributed by atoms with Gasteiger partial charge in [0.05, 0.1) is 7.11 Å². The van der Waals surface area contributed by atoms with Crippen LogP contribution in [0, 0.1) is 0 Å². The first-order valence-electron chi connectivity index (χ1n) is 7.39. The highest BCUT2D eigenvalue weighted by atomic mass is 32.1. The van der Waals surface area contributed by atoms with Gasteiger partial charge >= 0.3 is 6.03 Å². The summed E-state index contributed by atoms with van der Waals surface area (Å²) in [4.78, 5) is 38.1. The standard InChI is InChI=1S/C17H15N3O4S/c1-24-12-6-4-11(5-7-12)18-15(21)10-20-16(22)14(19-17(20)23)9-13-3-2-8-25-13/h2-9H,10H2,1H3,(H,18,21)(H,19,23)/b14-9-. The Labute approximate surface area is 147 Å². The van der Waals surface area contributed by atoms with Crippen molar-refractivity contribution in [2.24, 2.45) is 0 Å². The van der Waals surface area contributed by atoms with Gasteiger partial charge < -0.3 is 15.4 Å². The molecular weight excluding hydrogens is 342 g/mol. The number of carbonyl (C=O) groups excluding carboxylic acids is 3. The normalized spacial score (nSPS) is 15.4. The number of thiophene rings is 1. The first-order chi connectivity index (χ1) is 12.1. The average Bonchev–Trinajstić information content (AvgIpc) is 3.20. The number of nitrogens with one attached hydrogen (secondary N) is 2. The Kier molecular flexibility index (Phi) is 4.80. The fourth-order valence-electron chi connectivity index (χ4n) is 2.25. The van der Waals surface area contributed by atoms with Crippen LogP contribution in [0.1, 0.15) is 4.88 Å². The molecule has 0 atom stereocenters. The molecule has 1 aromatic carbocycles. The van der Waals surface area contributed by atoms with Crippen molar-refractivity contribution in [2.45, 2.75) is 0 Å². The monoisotopic (exact) mass is 357 g/mol. The molecule has 2 N–H and O–H groups in total. The molecule has 128 valence electrons. The van der Waals surface area contributed by atoms with Crippen LogP contribution in [0.4, 0.5) is 10.5 Å². The summed E-state index contributed by atoms with van der Waals surface area (Å²) in [6.07, 6.45) is 1.59. The zero-order chi connectivity index (χ0) is 17.8. The van der Waals surface area contributed by atoms with Gasteiger partial charge in [0.1, 0.15) is 18.0 Å². The van der Waals surface area contributed by atoms with E-state index >= 15 is 0 Å². The Bertz CT molecular complexity index is 828. The van der Waals surface area contributed by atoms with Crippen molar-refractivity contribution in [1.29, 1.82) is 0 Å². The Morgan fingerprint density at radius 3 is 2.68 bits per heavy atom. The quantitative estimate of drug-likeness (QED) is 0.635. The van der Waals surface area contributed by atoms with Crippen LogP contribution in [-0.4, -0.2) is 36.4 Å². The molecule has 3 rings (SSSR count). The van der Waals surface area contributed by atoms with Crippen LogP contribution in [0.2, 0.25) is 0 Å². The predicted molar refractivity (Wildman–Crippen MR) is 94.2 cm³/mol. The van der Waals surface area contributed by atoms with E-state index in [1.807, 2.05) is 17.5 Å². The van der Waals surface area contributed by atoms with Crippen LogP contribution in [0.5, 0.6) is 5.75 Å². The third kappa shape index (κ3) is 3.86. The molecule has 7 nitrogen and oxygen atoms in total. The highest BCUT2D eigenvalue weighted by molar-refractivity contribution is 7.10. The molecule has 1 aliphatic heterocycles. The third-order valence-corrected chi connectivity index (χ3v) is 4.29. The SMILES string of the molecule is COc1ccc(NC(=O)CN2C(=O)N/C(=C\c3cccs3)C2=O)cc1. The minimum Gasteiger partial charge on any atom is -0.497 e. The van der Waals surface area contributed by atoms with Gasteiger partial charge in [-0.1, -0.05) is 6.07 Å². The highest BCUT2D eigenvalue weighted by Gasteiger charge is 2.34. The molecule has 1 fully saturated rings. The van der Waals surface area contributed by atoms with Gasteiger partial charge in [0, 0.05) is 10.6 Å². The van der Waals surface area contributed by atoms with Gasteiger partial charge in [0.2, 0.25) is 5.91 Å². The van der Waals surface area contributed by atoms with E-state index in [1.165, 1.54) is 11.3 Å². The van der Waals surface area contributed by atoms with Gasteiger partial charge in [0.25, 0.3) is 5.91 Å². The molecule has 1 aliphatic rings. The van der Waals surface area contributed by atoms with Crippen LogP contribution >= 0.6 is 11.3 Å². The summed E-state index contributed by atoms with van der Waals surface area (Å²) in [6, 6.07) is 9.80. The van der Waals surface area contributed by atoms with Gasteiger partial charge in [-0.15, -0.1) is 11.3 Å². The minimum atomic E-state index is -0.613. The van der Waals surface area contributed by atoms with E-state index in [1.54, 1.807) is 37.5 Å². The molecule has 25 heavy (non-hydrogen) atoms. The first-order valence-corrected chi connectivity index (χ1v) is 8.27. The zero-order valence-corrected chi connectivity index (χ0v) is 14.1. The lowest BCUT2D eigenvalue weighted by molar-refractivity contribution is -0.127. The summed E-state index contributed by atoms with van der Waals surface area (Å²) in [7, 11) is 1.55. The van der Waals surface area contributed by atoms with Crippen LogP contribution in [-0.2, 0) is 9.59 Å². The molecule has 2 aromatic rings. The fraction of sp³-hybridized carbons (Fsp3) is 0.118. The van der Waals surface area contributed by atoms with Crippen molar-refractivity contribution < 1.29 is 19.1 Å². The Morgan fingerprint density at radius 1 is 1.28 bits per heavy atom. The van der Waals surface area contributed by atoms with Crippen molar-refractivity contribution in [2.75, 3.05) is 19.0 Å². The number of hydrogen-bond acceptors (Lipinski definition) is 5. The topological polar surface area (TPSA) is 87.7 Å². The van der Waals surface area contributed by atoms with Crippen LogP contribution < -0.4 is 15.4 Å². The van der Waals surface area contributed by atoms with E-state index in [0.29, 0.717) is 11.4 Å². The zero-order valence-electron chi connectivity index (χ0n) is 13.3. The maximum atomic E-state index is 12.3. The van der Waals surface area contributed by atoms with Crippen molar-refractivity contribution in [1.82, 2.24) is 10.2 Å². The van der Waals surface area contributed by atoms with E-state index in [9.17, 15) is 14.4 Å². The number of nitrogens with zero attached hydrogens (tertiary/aromatic N) is 1. The molecule has 1 saturated heterocycles. The van der Waals surface area contributed by atoms with Crippen molar-refractivity contribution in [3.8, 4) is 5.75 Å². The molecular formula is C17H15N3O4S. The molecule has 4 amide bonds. The molecule has 0 radical (unpaired) electrons. The number of hydrogen-bond donors (Lipinski definition) is 2. The summed E-state index contributed by atoms with van der Waals surface area (Å²) in [5.74, 6) is -0.329. The molecule has 8 heteroatoms. The second-order valence-corrected chi connectivity index (χ2v) is 6.15. The fourth-order valence-corrected chi connectivity index (χ4v) is 2.91. The van der Waals surface area contributed by atoms with Crippen molar-refractivity contribution >= 4 is 40.9 Å². The summed E-state index contributed by atoms with van der Waals surface area (Å²) >= 11 is 1.44. The maximum absolute atomic E-state index is 12.3. The number of anilines is 1. The van der Waals surface area contributed by atoms with E-state index in [0.717, 1.165) is 9.78 Å². The molecule has 0 spiro atoms. The molecule has 0 aliphatic carbocycles. The van der Waals surface area contributed by atoms with Crippen LogP contribution in [0.25, 0.3) is 6.08 Å². The Balaban J connectivity index is 1.64. The second-order valence-electron chi connectivity index (χ2n) is 5.17. The lowest BCUT2D eigenvalue weighted by Gasteiger charge is -2.12. The van der Waals surface area contributed by atoms with E-state index < -0.39 is 17.8 Å². The van der Waals surface area contributed by atoms with E-state index in [2.05, 4.69) is 10.6 Å². The van der Waals surface area contributed by atoms with Gasteiger partial charge in [-0.05, 0) is 41.8 Å². The Morgan fingerprint density at radius 2 is 2.04 bits per heavy atom. The van der Waals surface area contributed by atoms with Crippen molar-refractivity contribution in [3.05, 3.63) is 52.4 Å². The number of amides is 4. The number of urea groups is 1. The van der Waals surface area contributed by atoms with Gasteiger partial charge in [-0.3, -0.25) is 9.59 Å². The van der Waals surface area contributed by atoms with Gasteiger partial charge in [0.15, 0.2) is 0 Å². The summed E-state index contributed by atoms with van der Waals surface area (Å²) in [5.41, 5.74) is 0.705. The molecule has 0 unspecified atom stereocenters. The van der Waals surface area contributed by atoms with E-state index in [4.69, 9.17) is 4.74 Å². The third-order valence-electron chi connectivity index (χ3n) is 3.47. The smallest absolute Gasteiger partial charge is 0.329 e. The average molecular weight is 357 g/mol. The van der Waals surface area contributed by atoms with E-state index in [-0.39, 0.29) is 12.2 Å². The molecule has 2 heterocycles. The summed E-state index contributed by atoms with van der Waals surface area (Å²) in [6.45, 7) is -0.363. The minimum absolute atomic E-state index is 0.157. The number of benzene rings is 1. The maximum Gasteiger partial charge on any atom is 0.329 e.